The van der Waals surface area contributed by atoms with Crippen LogP contribution >= 0.6 is 0 Å². The van der Waals surface area contributed by atoms with Crippen LogP contribution in [0.2, 0.25) is 0 Å². The summed E-state index contributed by atoms with van der Waals surface area (Å²) in [6.07, 6.45) is 2.83. The fraction of sp³-hybridized carbons (Fsp3) is 0.471. The van der Waals surface area contributed by atoms with Crippen molar-refractivity contribution < 1.29 is 14.6 Å². The number of hydrogen-bond acceptors (Lipinski definition) is 3. The van der Waals surface area contributed by atoms with Crippen molar-refractivity contribution in [1.29, 1.82) is 0 Å². The fourth-order valence-corrected chi connectivity index (χ4v) is 2.79. The largest absolute Gasteiger partial charge is 0.497 e. The van der Waals surface area contributed by atoms with Gasteiger partial charge in [0, 0.05) is 25.7 Å². The Hall–Kier alpha value is -1.81. The lowest BCUT2D eigenvalue weighted by Gasteiger charge is -2.18. The maximum atomic E-state index is 10.7. The highest BCUT2D eigenvalue weighted by molar-refractivity contribution is 5.85. The van der Waals surface area contributed by atoms with E-state index in [-0.39, 0.29) is 0 Å². The summed E-state index contributed by atoms with van der Waals surface area (Å²) < 4.78 is 5.28. The van der Waals surface area contributed by atoms with Crippen LogP contribution in [0.3, 0.4) is 0 Å². The average molecular weight is 289 g/mol. The summed E-state index contributed by atoms with van der Waals surface area (Å²) in [7, 11) is 1.64. The Kier molecular flexibility index (Phi) is 5.02. The zero-order valence-electron chi connectivity index (χ0n) is 12.9. The maximum Gasteiger partial charge on any atom is 0.328 e. The first kappa shape index (κ1) is 15.6. The molecule has 1 aromatic rings. The molecular weight excluding hydrogens is 266 g/mol. The fourth-order valence-electron chi connectivity index (χ4n) is 2.79. The number of rotatable bonds is 5. The van der Waals surface area contributed by atoms with Crippen molar-refractivity contribution in [2.45, 2.75) is 20.4 Å². The number of likely N-dealkylation sites (tertiary alicyclic amines) is 1. The van der Waals surface area contributed by atoms with Gasteiger partial charge in [0.15, 0.2) is 0 Å². The Bertz CT molecular complexity index is 529. The molecule has 1 heterocycles. The molecular formula is C17H23NO3. The van der Waals surface area contributed by atoms with E-state index in [4.69, 9.17) is 9.84 Å². The summed E-state index contributed by atoms with van der Waals surface area (Å²) in [5.41, 5.74) is 2.04. The van der Waals surface area contributed by atoms with Gasteiger partial charge in [0.1, 0.15) is 5.75 Å². The minimum Gasteiger partial charge on any atom is -0.497 e. The van der Waals surface area contributed by atoms with Crippen LogP contribution in [0.5, 0.6) is 5.75 Å². The molecule has 2 unspecified atom stereocenters. The van der Waals surface area contributed by atoms with Crippen molar-refractivity contribution in [2.75, 3.05) is 20.2 Å². The van der Waals surface area contributed by atoms with Gasteiger partial charge in [-0.15, -0.1) is 0 Å². The van der Waals surface area contributed by atoms with Gasteiger partial charge in [-0.1, -0.05) is 19.9 Å². The second kappa shape index (κ2) is 6.76. The van der Waals surface area contributed by atoms with Gasteiger partial charge in [0.05, 0.1) is 7.11 Å². The summed E-state index contributed by atoms with van der Waals surface area (Å²) in [5, 5.41) is 8.80. The van der Waals surface area contributed by atoms with Crippen LogP contribution < -0.4 is 4.74 Å². The molecule has 2 rings (SSSR count). The lowest BCUT2D eigenvalue weighted by Crippen LogP contribution is -2.20. The van der Waals surface area contributed by atoms with Crippen LogP contribution in [0.25, 0.3) is 6.08 Å². The summed E-state index contributed by atoms with van der Waals surface area (Å²) in [4.78, 5) is 13.1. The van der Waals surface area contributed by atoms with Crippen LogP contribution in [0.1, 0.15) is 25.0 Å². The van der Waals surface area contributed by atoms with Crippen molar-refractivity contribution in [3.8, 4) is 5.75 Å². The van der Waals surface area contributed by atoms with E-state index in [9.17, 15) is 4.79 Å². The summed E-state index contributed by atoms with van der Waals surface area (Å²) in [5.74, 6) is 1.28. The van der Waals surface area contributed by atoms with Crippen LogP contribution in [0, 0.1) is 11.8 Å². The number of aliphatic carboxylic acids is 1. The molecule has 0 radical (unpaired) electrons. The minimum absolute atomic E-state index is 0.702. The third-order valence-corrected chi connectivity index (χ3v) is 4.21. The predicted octanol–water partition coefficient (Wildman–Crippen LogP) is 2.88. The van der Waals surface area contributed by atoms with Crippen molar-refractivity contribution in [3.05, 3.63) is 35.4 Å². The summed E-state index contributed by atoms with van der Waals surface area (Å²) in [6, 6.07) is 5.77. The number of ether oxygens (including phenoxy) is 1. The van der Waals surface area contributed by atoms with E-state index in [2.05, 4.69) is 18.7 Å². The Morgan fingerprint density at radius 2 is 2.05 bits per heavy atom. The molecule has 1 N–H and O–H groups in total. The van der Waals surface area contributed by atoms with Crippen molar-refractivity contribution >= 4 is 12.0 Å². The van der Waals surface area contributed by atoms with Gasteiger partial charge in [-0.25, -0.2) is 4.79 Å². The third-order valence-electron chi connectivity index (χ3n) is 4.21. The zero-order valence-corrected chi connectivity index (χ0v) is 12.9. The number of carboxylic acids is 1. The van der Waals surface area contributed by atoms with E-state index in [0.717, 1.165) is 36.5 Å². The minimum atomic E-state index is -0.930. The Morgan fingerprint density at radius 1 is 1.38 bits per heavy atom. The van der Waals surface area contributed by atoms with Crippen LogP contribution in [-0.2, 0) is 11.3 Å². The Morgan fingerprint density at radius 3 is 2.62 bits per heavy atom. The first-order chi connectivity index (χ1) is 9.99. The van der Waals surface area contributed by atoms with Gasteiger partial charge >= 0.3 is 5.97 Å². The molecule has 114 valence electrons. The quantitative estimate of drug-likeness (QED) is 0.847. The zero-order chi connectivity index (χ0) is 15.4. The molecule has 0 saturated carbocycles. The lowest BCUT2D eigenvalue weighted by atomic mass is 10.0. The van der Waals surface area contributed by atoms with Crippen LogP contribution in [0.4, 0.5) is 0 Å². The predicted molar refractivity (Wildman–Crippen MR) is 83.3 cm³/mol. The number of carbonyl (C=O) groups is 1. The molecule has 4 heteroatoms. The van der Waals surface area contributed by atoms with E-state index in [1.54, 1.807) is 13.2 Å². The lowest BCUT2D eigenvalue weighted by molar-refractivity contribution is -0.131. The molecule has 0 aliphatic carbocycles. The molecule has 2 atom stereocenters. The number of benzene rings is 1. The highest BCUT2D eigenvalue weighted by Gasteiger charge is 2.26. The molecule has 1 fully saturated rings. The maximum absolute atomic E-state index is 10.7. The highest BCUT2D eigenvalue weighted by atomic mass is 16.5. The smallest absolute Gasteiger partial charge is 0.328 e. The van der Waals surface area contributed by atoms with Crippen molar-refractivity contribution in [3.63, 3.8) is 0 Å². The van der Waals surface area contributed by atoms with Gasteiger partial charge in [-0.2, -0.15) is 0 Å². The van der Waals surface area contributed by atoms with Crippen LogP contribution in [0.15, 0.2) is 24.3 Å². The van der Waals surface area contributed by atoms with E-state index < -0.39 is 5.97 Å². The van der Waals surface area contributed by atoms with Gasteiger partial charge < -0.3 is 9.84 Å². The SMILES string of the molecule is COc1ccc(C=CC(=O)O)c(CN2CC(C)C(C)C2)c1. The van der Waals surface area contributed by atoms with Gasteiger partial charge in [0.25, 0.3) is 0 Å². The second-order valence-electron chi connectivity index (χ2n) is 5.88. The van der Waals surface area contributed by atoms with E-state index in [1.165, 1.54) is 6.08 Å². The summed E-state index contributed by atoms with van der Waals surface area (Å²) in [6.45, 7) is 7.55. The molecule has 0 aromatic heterocycles. The molecule has 4 nitrogen and oxygen atoms in total. The molecule has 1 aliphatic rings. The highest BCUT2D eigenvalue weighted by Crippen LogP contribution is 2.26. The van der Waals surface area contributed by atoms with Gasteiger partial charge in [-0.05, 0) is 41.2 Å². The number of hydrogen-bond donors (Lipinski definition) is 1. The number of carboxylic acid groups (broad SMARTS) is 1. The molecule has 0 amide bonds. The van der Waals surface area contributed by atoms with Crippen molar-refractivity contribution in [2.24, 2.45) is 11.8 Å². The molecule has 1 aromatic carbocycles. The van der Waals surface area contributed by atoms with Gasteiger partial charge in [0.2, 0.25) is 0 Å². The number of methoxy groups -OCH3 is 1. The van der Waals surface area contributed by atoms with Crippen molar-refractivity contribution in [1.82, 2.24) is 4.90 Å². The molecule has 0 bridgehead atoms. The monoisotopic (exact) mass is 289 g/mol. The standard InChI is InChI=1S/C17H23NO3/c1-12-9-18(10-13(12)2)11-15-8-16(21-3)6-4-14(15)5-7-17(19)20/h4-8,12-13H,9-11H2,1-3H3,(H,19,20). The Balaban J connectivity index is 2.20. The normalized spacial score (nSPS) is 22.8. The first-order valence-electron chi connectivity index (χ1n) is 7.30. The van der Waals surface area contributed by atoms with Gasteiger partial charge in [-0.3, -0.25) is 4.90 Å². The van der Waals surface area contributed by atoms with E-state index in [0.29, 0.717) is 11.8 Å². The number of nitrogens with zero attached hydrogens (tertiary/aromatic N) is 1. The first-order valence-corrected chi connectivity index (χ1v) is 7.30. The van der Waals surface area contributed by atoms with Crippen LogP contribution in [-0.4, -0.2) is 36.2 Å². The molecule has 1 aliphatic heterocycles. The van der Waals surface area contributed by atoms with E-state index in [1.807, 2.05) is 18.2 Å². The molecule has 0 spiro atoms. The molecule has 1 saturated heterocycles. The molecule has 21 heavy (non-hydrogen) atoms. The third kappa shape index (κ3) is 4.08. The topological polar surface area (TPSA) is 49.8 Å². The second-order valence-corrected chi connectivity index (χ2v) is 5.88. The average Bonchev–Trinajstić information content (AvgIpc) is 2.75. The Labute approximate surface area is 126 Å². The summed E-state index contributed by atoms with van der Waals surface area (Å²) >= 11 is 0. The van der Waals surface area contributed by atoms with E-state index >= 15 is 0 Å².